The van der Waals surface area contributed by atoms with Gasteiger partial charge in [-0.05, 0) is 111 Å². The van der Waals surface area contributed by atoms with E-state index in [2.05, 4.69) is 220 Å². The molecule has 0 saturated heterocycles. The second-order valence-corrected chi connectivity index (χ2v) is 15.6. The third-order valence-electron chi connectivity index (χ3n) is 11.5. The molecule has 0 radical (unpaired) electrons. The van der Waals surface area contributed by atoms with Crippen LogP contribution in [0.5, 0.6) is 0 Å². The summed E-state index contributed by atoms with van der Waals surface area (Å²) in [5.41, 5.74) is 12.4. The summed E-state index contributed by atoms with van der Waals surface area (Å²) in [7, 11) is 0. The average Bonchev–Trinajstić information content (AvgIpc) is 3.21. The highest BCUT2D eigenvalue weighted by molar-refractivity contribution is 6.09. The maximum absolute atomic E-state index is 2.52. The van der Waals surface area contributed by atoms with Crippen molar-refractivity contribution in [2.75, 3.05) is 16.3 Å². The van der Waals surface area contributed by atoms with Crippen LogP contribution in [0.1, 0.15) is 37.0 Å². The Bertz CT molecular complexity index is 2780. The SMILES string of the molecule is Cc1cc(-c2cccc3c(N(c4ccc5ccccc5c4)c4cccc5ccccc45)cccc23)ccc1N1C/C=C\C=C/CC(C)(C)c2cccc(C)c21. The van der Waals surface area contributed by atoms with Crippen molar-refractivity contribution in [3.8, 4) is 11.1 Å². The van der Waals surface area contributed by atoms with Crippen LogP contribution in [0.3, 0.4) is 0 Å². The molecule has 0 bridgehead atoms. The molecule has 0 unspecified atom stereocenters. The first-order chi connectivity index (χ1) is 26.9. The minimum Gasteiger partial charge on any atom is -0.337 e. The molecule has 55 heavy (non-hydrogen) atoms. The zero-order valence-electron chi connectivity index (χ0n) is 32.1. The number of anilines is 5. The Kier molecular flexibility index (Phi) is 8.83. The van der Waals surface area contributed by atoms with Crippen LogP contribution < -0.4 is 9.80 Å². The molecule has 0 amide bonds. The molecular formula is C53H46N2. The lowest BCUT2D eigenvalue weighted by Gasteiger charge is -2.35. The van der Waals surface area contributed by atoms with E-state index in [4.69, 9.17) is 0 Å². The van der Waals surface area contributed by atoms with E-state index in [0.717, 1.165) is 30.0 Å². The third kappa shape index (κ3) is 6.28. The predicted octanol–water partition coefficient (Wildman–Crippen LogP) is 14.8. The number of allylic oxidation sites excluding steroid dienone is 3. The van der Waals surface area contributed by atoms with E-state index >= 15 is 0 Å². The van der Waals surface area contributed by atoms with Crippen LogP contribution in [0.4, 0.5) is 28.4 Å². The molecule has 0 atom stereocenters. The van der Waals surface area contributed by atoms with Gasteiger partial charge in [0.2, 0.25) is 0 Å². The Morgan fingerprint density at radius 2 is 1.20 bits per heavy atom. The van der Waals surface area contributed by atoms with Crippen LogP contribution in [0.15, 0.2) is 182 Å². The Morgan fingerprint density at radius 1 is 0.527 bits per heavy atom. The van der Waals surface area contributed by atoms with E-state index in [1.54, 1.807) is 0 Å². The Balaban J connectivity index is 1.19. The molecular weight excluding hydrogens is 665 g/mol. The monoisotopic (exact) mass is 710 g/mol. The van der Waals surface area contributed by atoms with Crippen molar-refractivity contribution in [2.24, 2.45) is 0 Å². The Morgan fingerprint density at radius 3 is 2.05 bits per heavy atom. The van der Waals surface area contributed by atoms with Crippen molar-refractivity contribution in [2.45, 2.75) is 39.5 Å². The molecule has 2 heteroatoms. The maximum Gasteiger partial charge on any atom is 0.0540 e. The lowest BCUT2D eigenvalue weighted by atomic mass is 9.79. The molecule has 0 N–H and O–H groups in total. The van der Waals surface area contributed by atoms with Gasteiger partial charge in [-0.3, -0.25) is 0 Å². The first-order valence-corrected chi connectivity index (χ1v) is 19.5. The van der Waals surface area contributed by atoms with Gasteiger partial charge in [0, 0.05) is 34.4 Å². The van der Waals surface area contributed by atoms with Crippen LogP contribution in [0.25, 0.3) is 43.4 Å². The van der Waals surface area contributed by atoms with Gasteiger partial charge in [0.1, 0.15) is 0 Å². The van der Waals surface area contributed by atoms with Gasteiger partial charge in [-0.15, -0.1) is 0 Å². The van der Waals surface area contributed by atoms with Gasteiger partial charge >= 0.3 is 0 Å². The number of hydrogen-bond donors (Lipinski definition) is 0. The van der Waals surface area contributed by atoms with Crippen molar-refractivity contribution >= 4 is 60.8 Å². The van der Waals surface area contributed by atoms with Crippen molar-refractivity contribution in [3.63, 3.8) is 0 Å². The lowest BCUT2D eigenvalue weighted by Crippen LogP contribution is -2.26. The number of nitrogens with zero attached hydrogens (tertiary/aromatic N) is 2. The summed E-state index contributed by atoms with van der Waals surface area (Å²) < 4.78 is 0. The summed E-state index contributed by atoms with van der Waals surface area (Å²) >= 11 is 0. The van der Waals surface area contributed by atoms with Crippen molar-refractivity contribution in [1.82, 2.24) is 0 Å². The van der Waals surface area contributed by atoms with Gasteiger partial charge in [-0.1, -0.05) is 159 Å². The molecule has 1 aliphatic rings. The van der Waals surface area contributed by atoms with E-state index in [1.165, 1.54) is 71.5 Å². The maximum atomic E-state index is 2.52. The fourth-order valence-corrected chi connectivity index (χ4v) is 8.66. The largest absolute Gasteiger partial charge is 0.337 e. The summed E-state index contributed by atoms with van der Waals surface area (Å²) in [6.45, 7) is 10.1. The van der Waals surface area contributed by atoms with Crippen LogP contribution in [-0.4, -0.2) is 6.54 Å². The van der Waals surface area contributed by atoms with Crippen LogP contribution in [0, 0.1) is 13.8 Å². The van der Waals surface area contributed by atoms with Gasteiger partial charge in [0.15, 0.2) is 0 Å². The van der Waals surface area contributed by atoms with Crippen LogP contribution >= 0.6 is 0 Å². The summed E-state index contributed by atoms with van der Waals surface area (Å²) in [5, 5.41) is 7.35. The Hall–Kier alpha value is -6.38. The van der Waals surface area contributed by atoms with Gasteiger partial charge in [-0.25, -0.2) is 0 Å². The molecule has 1 aliphatic heterocycles. The number of fused-ring (bicyclic) bond motifs is 4. The van der Waals surface area contributed by atoms with E-state index in [9.17, 15) is 0 Å². The molecule has 1 heterocycles. The highest BCUT2D eigenvalue weighted by atomic mass is 15.1. The molecule has 8 aromatic carbocycles. The smallest absolute Gasteiger partial charge is 0.0540 e. The molecule has 0 fully saturated rings. The molecule has 0 aromatic heterocycles. The van der Waals surface area contributed by atoms with E-state index in [1.807, 2.05) is 0 Å². The molecule has 0 saturated carbocycles. The zero-order valence-corrected chi connectivity index (χ0v) is 32.1. The van der Waals surface area contributed by atoms with Crippen LogP contribution in [-0.2, 0) is 5.41 Å². The lowest BCUT2D eigenvalue weighted by molar-refractivity contribution is 0.533. The zero-order chi connectivity index (χ0) is 37.5. The molecule has 8 aromatic rings. The quantitative estimate of drug-likeness (QED) is 0.175. The van der Waals surface area contributed by atoms with Gasteiger partial charge in [0.25, 0.3) is 0 Å². The van der Waals surface area contributed by atoms with Crippen LogP contribution in [0.2, 0.25) is 0 Å². The van der Waals surface area contributed by atoms with Crippen molar-refractivity contribution < 1.29 is 0 Å². The average molecular weight is 711 g/mol. The van der Waals surface area contributed by atoms with Gasteiger partial charge in [0.05, 0.1) is 11.4 Å². The second-order valence-electron chi connectivity index (χ2n) is 15.6. The molecule has 268 valence electrons. The summed E-state index contributed by atoms with van der Waals surface area (Å²) in [6, 6.07) is 58.2. The number of hydrogen-bond acceptors (Lipinski definition) is 2. The van der Waals surface area contributed by atoms with E-state index in [0.29, 0.717) is 0 Å². The molecule has 2 nitrogen and oxygen atoms in total. The number of aryl methyl sites for hydroxylation is 2. The highest BCUT2D eigenvalue weighted by Crippen LogP contribution is 2.46. The van der Waals surface area contributed by atoms with Gasteiger partial charge in [-0.2, -0.15) is 0 Å². The summed E-state index contributed by atoms with van der Waals surface area (Å²) in [4.78, 5) is 4.97. The predicted molar refractivity (Wildman–Crippen MR) is 238 cm³/mol. The fraction of sp³-hybridized carbons (Fsp3) is 0.132. The summed E-state index contributed by atoms with van der Waals surface area (Å²) in [5.74, 6) is 0. The number of benzene rings is 8. The minimum absolute atomic E-state index is 0.00254. The third-order valence-corrected chi connectivity index (χ3v) is 11.5. The standard InChI is InChI=1S/C53H46N2/c1-37-17-13-26-48-52(37)54(34-12-6-5-11-33-53(48,3)4)49-32-30-42(35-38(49)2)44-23-15-25-47-46(44)24-16-28-51(47)55(43-31-29-39-18-7-8-20-41(39)36-43)50-27-14-21-40-19-9-10-22-45(40)50/h5-32,35-36H,33-34H2,1-4H3/b11-5-,12-6-. The van der Waals surface area contributed by atoms with E-state index in [-0.39, 0.29) is 5.41 Å². The van der Waals surface area contributed by atoms with Gasteiger partial charge < -0.3 is 9.80 Å². The highest BCUT2D eigenvalue weighted by Gasteiger charge is 2.27. The first kappa shape index (κ1) is 34.4. The molecule has 0 aliphatic carbocycles. The number of para-hydroxylation sites is 1. The first-order valence-electron chi connectivity index (χ1n) is 19.5. The normalized spacial score (nSPS) is 15.2. The van der Waals surface area contributed by atoms with Crippen molar-refractivity contribution in [3.05, 3.63) is 199 Å². The fourth-order valence-electron chi connectivity index (χ4n) is 8.66. The summed E-state index contributed by atoms with van der Waals surface area (Å²) in [6.07, 6.45) is 9.97. The topological polar surface area (TPSA) is 6.48 Å². The molecule has 9 rings (SSSR count). The molecule has 0 spiro atoms. The second kappa shape index (κ2) is 14.1. The number of rotatable bonds is 5. The minimum atomic E-state index is 0.00254. The van der Waals surface area contributed by atoms with Crippen molar-refractivity contribution in [1.29, 1.82) is 0 Å². The van der Waals surface area contributed by atoms with E-state index < -0.39 is 0 Å². The Labute approximate surface area is 325 Å².